The first-order valence-electron chi connectivity index (χ1n) is 12.7. The van der Waals surface area contributed by atoms with Gasteiger partial charge < -0.3 is 19.7 Å². The van der Waals surface area contributed by atoms with Crippen LogP contribution in [0.1, 0.15) is 52.5 Å². The van der Waals surface area contributed by atoms with E-state index in [0.29, 0.717) is 23.6 Å². The van der Waals surface area contributed by atoms with Gasteiger partial charge in [-0.2, -0.15) is 0 Å². The molecule has 0 saturated heterocycles. The number of nitrogens with one attached hydrogen (secondary N) is 1. The summed E-state index contributed by atoms with van der Waals surface area (Å²) < 4.78 is 37.1. The Balaban J connectivity index is 2.29. The Labute approximate surface area is 227 Å². The molecule has 0 aliphatic heterocycles. The van der Waals surface area contributed by atoms with Crippen LogP contribution in [-0.2, 0) is 26.2 Å². The Hall–Kier alpha value is -3.27. The lowest BCUT2D eigenvalue weighted by Gasteiger charge is -2.33. The fourth-order valence-electron chi connectivity index (χ4n) is 4.16. The molecule has 210 valence electrons. The number of sulfonamides is 1. The molecule has 0 bridgehead atoms. The Morgan fingerprint density at radius 3 is 2.29 bits per heavy atom. The first-order valence-corrected chi connectivity index (χ1v) is 14.5. The summed E-state index contributed by atoms with van der Waals surface area (Å²) in [6, 6.07) is 13.5. The second-order valence-corrected chi connectivity index (χ2v) is 12.1. The summed E-state index contributed by atoms with van der Waals surface area (Å²) in [6.45, 7) is 7.85. The van der Waals surface area contributed by atoms with Gasteiger partial charge in [0.1, 0.15) is 17.5 Å². The van der Waals surface area contributed by atoms with Crippen molar-refractivity contribution in [2.24, 2.45) is 0 Å². The number of ether oxygens (including phenoxy) is 2. The van der Waals surface area contributed by atoms with E-state index in [0.717, 1.165) is 11.8 Å². The number of hydrogen-bond acceptors (Lipinski definition) is 6. The molecular formula is C28H41N3O6S. The minimum atomic E-state index is -3.63. The van der Waals surface area contributed by atoms with Gasteiger partial charge in [0.05, 0.1) is 26.2 Å². The predicted molar refractivity (Wildman–Crippen MR) is 150 cm³/mol. The van der Waals surface area contributed by atoms with Crippen LogP contribution in [0.2, 0.25) is 0 Å². The van der Waals surface area contributed by atoms with Crippen molar-refractivity contribution >= 4 is 27.5 Å². The predicted octanol–water partition coefficient (Wildman–Crippen LogP) is 3.97. The lowest BCUT2D eigenvalue weighted by Crippen LogP contribution is -2.53. The number of amides is 2. The lowest BCUT2D eigenvalue weighted by atomic mass is 10.0. The zero-order valence-electron chi connectivity index (χ0n) is 23.5. The first kappa shape index (κ1) is 31.0. The van der Waals surface area contributed by atoms with Crippen molar-refractivity contribution in [2.75, 3.05) is 31.3 Å². The zero-order valence-corrected chi connectivity index (χ0v) is 24.3. The Kier molecular flexibility index (Phi) is 11.0. The molecule has 38 heavy (non-hydrogen) atoms. The molecule has 0 fully saturated rings. The number of benzene rings is 2. The van der Waals surface area contributed by atoms with Crippen LogP contribution in [0.5, 0.6) is 11.5 Å². The number of methoxy groups -OCH3 is 2. The zero-order chi connectivity index (χ0) is 28.5. The second-order valence-electron chi connectivity index (χ2n) is 10.1. The Morgan fingerprint density at radius 2 is 1.71 bits per heavy atom. The van der Waals surface area contributed by atoms with Crippen LogP contribution in [-0.4, -0.2) is 63.7 Å². The fourth-order valence-corrected chi connectivity index (χ4v) is 5.13. The van der Waals surface area contributed by atoms with Crippen LogP contribution < -0.4 is 19.1 Å². The first-order chi connectivity index (χ1) is 17.8. The van der Waals surface area contributed by atoms with Gasteiger partial charge in [-0.15, -0.1) is 0 Å². The highest BCUT2D eigenvalue weighted by molar-refractivity contribution is 7.92. The van der Waals surface area contributed by atoms with Crippen LogP contribution in [0, 0.1) is 0 Å². The van der Waals surface area contributed by atoms with Crippen LogP contribution in [0.25, 0.3) is 0 Å². The van der Waals surface area contributed by atoms with Crippen LogP contribution in [0.15, 0.2) is 48.5 Å². The molecule has 1 unspecified atom stereocenters. The van der Waals surface area contributed by atoms with E-state index in [1.165, 1.54) is 11.4 Å². The standard InChI is InChI=1S/C28H41N3O6S/c1-8-23(27(33)29-28(2,3)4)30(20-21-13-11-14-22(19-21)36-5)26(32)17-12-18-31(38(7,34)35)24-15-9-10-16-25(24)37-6/h9-11,13-16,19,23H,8,12,17-18,20H2,1-7H3,(H,29,33). The van der Waals surface area contributed by atoms with Gasteiger partial charge in [0.15, 0.2) is 0 Å². The van der Waals surface area contributed by atoms with Crippen molar-refractivity contribution in [2.45, 2.75) is 65.1 Å². The molecule has 0 radical (unpaired) electrons. The number of anilines is 1. The maximum Gasteiger partial charge on any atom is 0.243 e. The monoisotopic (exact) mass is 547 g/mol. The van der Waals surface area contributed by atoms with Crippen molar-refractivity contribution in [1.29, 1.82) is 0 Å². The highest BCUT2D eigenvalue weighted by atomic mass is 32.2. The van der Waals surface area contributed by atoms with E-state index >= 15 is 0 Å². The molecule has 0 heterocycles. The highest BCUT2D eigenvalue weighted by Crippen LogP contribution is 2.30. The summed E-state index contributed by atoms with van der Waals surface area (Å²) in [5.41, 5.74) is 0.778. The Morgan fingerprint density at radius 1 is 1.03 bits per heavy atom. The molecule has 0 spiro atoms. The van der Waals surface area contributed by atoms with Crippen LogP contribution in [0.3, 0.4) is 0 Å². The third kappa shape index (κ3) is 8.93. The maximum absolute atomic E-state index is 13.6. The molecule has 2 rings (SSSR count). The van der Waals surface area contributed by atoms with E-state index in [9.17, 15) is 18.0 Å². The summed E-state index contributed by atoms with van der Waals surface area (Å²) in [6.07, 6.45) is 1.87. The third-order valence-electron chi connectivity index (χ3n) is 5.88. The second kappa shape index (κ2) is 13.5. The summed E-state index contributed by atoms with van der Waals surface area (Å²) in [5.74, 6) is 0.608. The van der Waals surface area contributed by atoms with Gasteiger partial charge in [0.2, 0.25) is 21.8 Å². The number of carbonyl (C=O) groups excluding carboxylic acids is 2. The number of nitrogens with zero attached hydrogens (tertiary/aromatic N) is 2. The maximum atomic E-state index is 13.6. The SMILES string of the molecule is CCC(C(=O)NC(C)(C)C)N(Cc1cccc(OC)c1)C(=O)CCCN(c1ccccc1OC)S(C)(=O)=O. The van der Waals surface area contributed by atoms with Gasteiger partial charge in [-0.25, -0.2) is 8.42 Å². The van der Waals surface area contributed by atoms with Crippen molar-refractivity contribution in [3.05, 3.63) is 54.1 Å². The highest BCUT2D eigenvalue weighted by Gasteiger charge is 2.31. The van der Waals surface area contributed by atoms with Gasteiger partial charge in [-0.1, -0.05) is 31.2 Å². The minimum absolute atomic E-state index is 0.0600. The number of carbonyl (C=O) groups is 2. The van der Waals surface area contributed by atoms with E-state index in [2.05, 4.69) is 5.32 Å². The average Bonchev–Trinajstić information content (AvgIpc) is 2.84. The largest absolute Gasteiger partial charge is 0.497 e. The molecule has 2 amide bonds. The molecule has 1 atom stereocenters. The van der Waals surface area contributed by atoms with Crippen molar-refractivity contribution < 1.29 is 27.5 Å². The van der Waals surface area contributed by atoms with Gasteiger partial charge in [0, 0.05) is 25.0 Å². The van der Waals surface area contributed by atoms with E-state index < -0.39 is 21.6 Å². The van der Waals surface area contributed by atoms with Gasteiger partial charge in [-0.05, 0) is 63.4 Å². The lowest BCUT2D eigenvalue weighted by molar-refractivity contribution is -0.142. The molecule has 0 aliphatic carbocycles. The van der Waals surface area contributed by atoms with Gasteiger partial charge in [-0.3, -0.25) is 13.9 Å². The number of hydrogen-bond donors (Lipinski definition) is 1. The van der Waals surface area contributed by atoms with E-state index in [1.54, 1.807) is 36.3 Å². The minimum Gasteiger partial charge on any atom is -0.497 e. The molecule has 0 aliphatic rings. The molecule has 0 aromatic heterocycles. The van der Waals surface area contributed by atoms with Gasteiger partial charge >= 0.3 is 0 Å². The number of rotatable bonds is 13. The molecular weight excluding hydrogens is 506 g/mol. The summed E-state index contributed by atoms with van der Waals surface area (Å²) in [5, 5.41) is 2.98. The van der Waals surface area contributed by atoms with Crippen LogP contribution in [0.4, 0.5) is 5.69 Å². The fraction of sp³-hybridized carbons (Fsp3) is 0.500. The molecule has 2 aromatic carbocycles. The van der Waals surface area contributed by atoms with E-state index in [1.807, 2.05) is 52.0 Å². The number of para-hydroxylation sites is 2. The quantitative estimate of drug-likeness (QED) is 0.407. The molecule has 9 nitrogen and oxygen atoms in total. The molecule has 10 heteroatoms. The average molecular weight is 548 g/mol. The van der Waals surface area contributed by atoms with E-state index in [-0.39, 0.29) is 37.7 Å². The van der Waals surface area contributed by atoms with Crippen molar-refractivity contribution in [3.63, 3.8) is 0 Å². The summed E-state index contributed by atoms with van der Waals surface area (Å²) in [4.78, 5) is 28.3. The summed E-state index contributed by atoms with van der Waals surface area (Å²) in [7, 11) is -0.578. The van der Waals surface area contributed by atoms with Gasteiger partial charge in [0.25, 0.3) is 0 Å². The molecule has 0 saturated carbocycles. The summed E-state index contributed by atoms with van der Waals surface area (Å²) >= 11 is 0. The van der Waals surface area contributed by atoms with Crippen molar-refractivity contribution in [3.8, 4) is 11.5 Å². The normalized spacial score (nSPS) is 12.4. The van der Waals surface area contributed by atoms with Crippen molar-refractivity contribution in [1.82, 2.24) is 10.2 Å². The molecule has 2 aromatic rings. The Bertz CT molecular complexity index is 1190. The van der Waals surface area contributed by atoms with Crippen LogP contribution >= 0.6 is 0 Å². The topological polar surface area (TPSA) is 105 Å². The molecule has 1 N–H and O–H groups in total. The van der Waals surface area contributed by atoms with E-state index in [4.69, 9.17) is 9.47 Å². The third-order valence-corrected chi connectivity index (χ3v) is 7.06. The smallest absolute Gasteiger partial charge is 0.243 e.